The monoisotopic (exact) mass is 330 g/mol. The predicted molar refractivity (Wildman–Crippen MR) is 94.3 cm³/mol. The number of nitrogen functional groups attached to an aromatic ring is 1. The average Bonchev–Trinajstić information content (AvgIpc) is 2.45. The van der Waals surface area contributed by atoms with Crippen molar-refractivity contribution in [3.8, 4) is 0 Å². The Morgan fingerprint density at radius 3 is 2.55 bits per heavy atom. The summed E-state index contributed by atoms with van der Waals surface area (Å²) in [4.78, 5) is 4.31. The van der Waals surface area contributed by atoms with Gasteiger partial charge in [0, 0.05) is 26.4 Å². The number of nitrogens with zero attached hydrogens (tertiary/aromatic N) is 1. The molecule has 20 heavy (non-hydrogen) atoms. The van der Waals surface area contributed by atoms with Crippen molar-refractivity contribution in [2.45, 2.75) is 5.03 Å². The van der Waals surface area contributed by atoms with E-state index >= 15 is 0 Å². The lowest BCUT2D eigenvalue weighted by molar-refractivity contribution is 0.941. The fraction of sp³-hybridized carbons (Fsp3) is 0.364. The van der Waals surface area contributed by atoms with Crippen LogP contribution in [0.15, 0.2) is 17.2 Å². The van der Waals surface area contributed by atoms with Gasteiger partial charge in [-0.2, -0.15) is 0 Å². The van der Waals surface area contributed by atoms with E-state index in [9.17, 15) is 0 Å². The smallest absolute Gasteiger partial charge is 0.170 e. The molecule has 0 aliphatic rings. The average molecular weight is 331 g/mol. The summed E-state index contributed by atoms with van der Waals surface area (Å²) >= 11 is 11.6. The minimum absolute atomic E-state index is 0.423. The van der Waals surface area contributed by atoms with Crippen LogP contribution in [0.5, 0.6) is 0 Å². The SMILES string of the molecule is CNC(=S)NCCSc1ccc(NC(=S)NC)c(N)n1. The lowest BCUT2D eigenvalue weighted by atomic mass is 10.4. The summed E-state index contributed by atoms with van der Waals surface area (Å²) in [7, 11) is 3.53. The molecule has 0 unspecified atom stereocenters. The second kappa shape index (κ2) is 8.77. The molecule has 1 aromatic rings. The number of rotatable bonds is 5. The molecule has 0 aliphatic carbocycles. The number of hydrogen-bond donors (Lipinski definition) is 5. The van der Waals surface area contributed by atoms with Crippen molar-refractivity contribution in [2.75, 3.05) is 37.4 Å². The fourth-order valence-electron chi connectivity index (χ4n) is 1.24. The molecule has 0 saturated carbocycles. The molecule has 0 bridgehead atoms. The second-order valence-corrected chi connectivity index (χ2v) is 5.57. The largest absolute Gasteiger partial charge is 0.382 e. The van der Waals surface area contributed by atoms with Crippen LogP contribution in [-0.2, 0) is 0 Å². The zero-order valence-corrected chi connectivity index (χ0v) is 13.8. The maximum atomic E-state index is 5.88. The van der Waals surface area contributed by atoms with Gasteiger partial charge in [-0.15, -0.1) is 11.8 Å². The van der Waals surface area contributed by atoms with E-state index in [4.69, 9.17) is 30.2 Å². The molecule has 1 rings (SSSR count). The maximum absolute atomic E-state index is 5.88. The summed E-state index contributed by atoms with van der Waals surface area (Å²) in [6, 6.07) is 3.76. The van der Waals surface area contributed by atoms with Crippen LogP contribution in [0.2, 0.25) is 0 Å². The van der Waals surface area contributed by atoms with Crippen molar-refractivity contribution in [3.63, 3.8) is 0 Å². The Balaban J connectivity index is 2.46. The molecule has 0 amide bonds. The highest BCUT2D eigenvalue weighted by atomic mass is 32.2. The third-order valence-electron chi connectivity index (χ3n) is 2.24. The van der Waals surface area contributed by atoms with E-state index < -0.39 is 0 Å². The number of nitrogens with two attached hydrogens (primary N) is 1. The van der Waals surface area contributed by atoms with Crippen molar-refractivity contribution < 1.29 is 0 Å². The first-order chi connectivity index (χ1) is 9.56. The summed E-state index contributed by atoms with van der Waals surface area (Å²) in [6.07, 6.45) is 0. The van der Waals surface area contributed by atoms with Crippen LogP contribution in [0.3, 0.4) is 0 Å². The molecule has 110 valence electrons. The molecular weight excluding hydrogens is 312 g/mol. The van der Waals surface area contributed by atoms with Gasteiger partial charge in [0.1, 0.15) is 5.82 Å². The van der Waals surface area contributed by atoms with Gasteiger partial charge in [-0.3, -0.25) is 0 Å². The molecule has 0 fully saturated rings. The van der Waals surface area contributed by atoms with Crippen LogP contribution in [0.25, 0.3) is 0 Å². The number of nitrogens with one attached hydrogen (secondary N) is 4. The first-order valence-corrected chi connectivity index (χ1v) is 7.70. The predicted octanol–water partition coefficient (Wildman–Crippen LogP) is 0.766. The molecule has 6 N–H and O–H groups in total. The minimum Gasteiger partial charge on any atom is -0.382 e. The van der Waals surface area contributed by atoms with Gasteiger partial charge in [0.2, 0.25) is 0 Å². The molecule has 6 nitrogen and oxygen atoms in total. The van der Waals surface area contributed by atoms with Gasteiger partial charge in [0.25, 0.3) is 0 Å². The van der Waals surface area contributed by atoms with E-state index in [1.165, 1.54) is 0 Å². The van der Waals surface area contributed by atoms with E-state index in [-0.39, 0.29) is 0 Å². The Hall–Kier alpha value is -1.32. The summed E-state index contributed by atoms with van der Waals surface area (Å²) in [5, 5.41) is 13.7. The van der Waals surface area contributed by atoms with Crippen molar-refractivity contribution in [1.82, 2.24) is 20.9 Å². The van der Waals surface area contributed by atoms with Gasteiger partial charge in [0.05, 0.1) is 10.7 Å². The molecule has 1 aromatic heterocycles. The summed E-state index contributed by atoms with van der Waals surface area (Å²) < 4.78 is 0. The van der Waals surface area contributed by atoms with Gasteiger partial charge in [-0.25, -0.2) is 4.98 Å². The molecule has 0 aliphatic heterocycles. The molecule has 1 heterocycles. The normalized spacial score (nSPS) is 9.70. The van der Waals surface area contributed by atoms with Crippen LogP contribution in [0.1, 0.15) is 0 Å². The lowest BCUT2D eigenvalue weighted by Crippen LogP contribution is -2.33. The van der Waals surface area contributed by atoms with Crippen molar-refractivity contribution >= 4 is 57.9 Å². The third-order valence-corrected chi connectivity index (χ3v) is 3.83. The highest BCUT2D eigenvalue weighted by Gasteiger charge is 2.04. The van der Waals surface area contributed by atoms with Gasteiger partial charge in [-0.1, -0.05) is 0 Å². The molecule has 0 aromatic carbocycles. The van der Waals surface area contributed by atoms with Gasteiger partial charge < -0.3 is 27.0 Å². The van der Waals surface area contributed by atoms with Crippen molar-refractivity contribution in [1.29, 1.82) is 0 Å². The highest BCUT2D eigenvalue weighted by molar-refractivity contribution is 7.99. The fourth-order valence-corrected chi connectivity index (χ4v) is 2.19. The van der Waals surface area contributed by atoms with E-state index in [2.05, 4.69) is 26.3 Å². The highest BCUT2D eigenvalue weighted by Crippen LogP contribution is 2.22. The third kappa shape index (κ3) is 5.76. The van der Waals surface area contributed by atoms with E-state index in [0.29, 0.717) is 21.7 Å². The Morgan fingerprint density at radius 2 is 1.95 bits per heavy atom. The van der Waals surface area contributed by atoms with Crippen LogP contribution in [-0.4, -0.2) is 41.6 Å². The number of hydrogen-bond acceptors (Lipinski definition) is 5. The molecule has 9 heteroatoms. The van der Waals surface area contributed by atoms with Crippen LogP contribution in [0, 0.1) is 0 Å². The van der Waals surface area contributed by atoms with Crippen LogP contribution in [0.4, 0.5) is 11.5 Å². The molecule has 0 spiro atoms. The number of thiocarbonyl (C=S) groups is 2. The minimum atomic E-state index is 0.423. The standard InChI is InChI=1S/C11H18N6S3/c1-13-10(18)15-5-6-20-8-4-3-7(9(12)17-8)16-11(19)14-2/h3-4H,5-6H2,1-2H3,(H2,12,17)(H2,13,15,18)(H2,14,16,19). The summed E-state index contributed by atoms with van der Waals surface area (Å²) in [6.45, 7) is 0.760. The Labute approximate surface area is 133 Å². The number of pyridine rings is 1. The first-order valence-electron chi connectivity index (χ1n) is 5.90. The summed E-state index contributed by atoms with van der Waals surface area (Å²) in [5.41, 5.74) is 6.57. The number of anilines is 2. The zero-order valence-electron chi connectivity index (χ0n) is 11.3. The van der Waals surface area contributed by atoms with E-state index in [1.807, 2.05) is 12.1 Å². The van der Waals surface area contributed by atoms with Crippen LogP contribution >= 0.6 is 36.2 Å². The van der Waals surface area contributed by atoms with Crippen molar-refractivity contribution in [3.05, 3.63) is 12.1 Å². The Kier molecular flexibility index (Phi) is 7.34. The summed E-state index contributed by atoms with van der Waals surface area (Å²) in [5.74, 6) is 1.27. The maximum Gasteiger partial charge on any atom is 0.170 e. The quantitative estimate of drug-likeness (QED) is 0.305. The topological polar surface area (TPSA) is 87.0 Å². The van der Waals surface area contributed by atoms with Crippen molar-refractivity contribution in [2.24, 2.45) is 0 Å². The first kappa shape index (κ1) is 16.7. The number of thioether (sulfide) groups is 1. The van der Waals surface area contributed by atoms with Gasteiger partial charge >= 0.3 is 0 Å². The second-order valence-electron chi connectivity index (χ2n) is 3.64. The van der Waals surface area contributed by atoms with E-state index in [0.717, 1.165) is 17.3 Å². The Morgan fingerprint density at radius 1 is 1.25 bits per heavy atom. The molecule has 0 atom stereocenters. The lowest BCUT2D eigenvalue weighted by Gasteiger charge is -2.10. The van der Waals surface area contributed by atoms with Crippen LogP contribution < -0.4 is 27.0 Å². The zero-order chi connectivity index (χ0) is 15.0. The van der Waals surface area contributed by atoms with Gasteiger partial charge in [0.15, 0.2) is 10.2 Å². The van der Waals surface area contributed by atoms with E-state index in [1.54, 1.807) is 25.9 Å². The van der Waals surface area contributed by atoms with Gasteiger partial charge in [-0.05, 0) is 36.6 Å². The molecular formula is C11H18N6S3. The Bertz CT molecular complexity index is 479. The molecule has 0 saturated heterocycles. The number of aromatic nitrogens is 1. The molecule has 0 radical (unpaired) electrons.